The number of thioether (sulfide) groups is 1. The van der Waals surface area contributed by atoms with Crippen molar-refractivity contribution in [2.45, 2.75) is 24.0 Å². The van der Waals surface area contributed by atoms with Gasteiger partial charge in [0, 0.05) is 10.6 Å². The van der Waals surface area contributed by atoms with E-state index in [-0.39, 0.29) is 11.2 Å². The number of ether oxygens (including phenoxy) is 1. The summed E-state index contributed by atoms with van der Waals surface area (Å²) in [4.78, 5) is 13.2. The molecular weight excluding hydrogens is 282 g/mol. The molecular formula is C17H19NO2S. The van der Waals surface area contributed by atoms with Crippen LogP contribution in [0.2, 0.25) is 0 Å². The summed E-state index contributed by atoms with van der Waals surface area (Å²) in [6, 6.07) is 15.5. The minimum absolute atomic E-state index is 0.000305. The Labute approximate surface area is 129 Å². The molecule has 1 atom stereocenters. The summed E-state index contributed by atoms with van der Waals surface area (Å²) < 4.78 is 5.12. The SMILES string of the molecule is COc1ccc(SC(C)C(=O)Nc2ccc(C)cc2)cc1. The van der Waals surface area contributed by atoms with E-state index in [0.717, 1.165) is 16.3 Å². The van der Waals surface area contributed by atoms with E-state index in [2.05, 4.69) is 5.32 Å². The molecule has 0 fully saturated rings. The Morgan fingerprint density at radius 3 is 2.29 bits per heavy atom. The summed E-state index contributed by atoms with van der Waals surface area (Å²) in [6.07, 6.45) is 0. The molecule has 2 rings (SSSR count). The van der Waals surface area contributed by atoms with Crippen molar-refractivity contribution < 1.29 is 9.53 Å². The van der Waals surface area contributed by atoms with Gasteiger partial charge in [-0.15, -0.1) is 11.8 Å². The van der Waals surface area contributed by atoms with E-state index in [1.165, 1.54) is 17.3 Å². The smallest absolute Gasteiger partial charge is 0.237 e. The van der Waals surface area contributed by atoms with E-state index in [4.69, 9.17) is 4.74 Å². The fraction of sp³-hybridized carbons (Fsp3) is 0.235. The number of hydrogen-bond acceptors (Lipinski definition) is 3. The quantitative estimate of drug-likeness (QED) is 0.844. The van der Waals surface area contributed by atoms with Crippen LogP contribution >= 0.6 is 11.8 Å². The maximum atomic E-state index is 12.2. The van der Waals surface area contributed by atoms with Crippen LogP contribution in [0.3, 0.4) is 0 Å². The van der Waals surface area contributed by atoms with Crippen LogP contribution in [0.1, 0.15) is 12.5 Å². The first kappa shape index (κ1) is 15.4. The van der Waals surface area contributed by atoms with Crippen LogP contribution in [-0.4, -0.2) is 18.3 Å². The summed E-state index contributed by atoms with van der Waals surface area (Å²) in [5.41, 5.74) is 2.00. The minimum Gasteiger partial charge on any atom is -0.497 e. The van der Waals surface area contributed by atoms with Gasteiger partial charge in [0.25, 0.3) is 0 Å². The van der Waals surface area contributed by atoms with Gasteiger partial charge in [0.1, 0.15) is 5.75 Å². The van der Waals surface area contributed by atoms with E-state index in [1.54, 1.807) is 7.11 Å². The Morgan fingerprint density at radius 1 is 1.10 bits per heavy atom. The second-order valence-corrected chi connectivity index (χ2v) is 6.21. The van der Waals surface area contributed by atoms with Crippen molar-refractivity contribution in [3.05, 3.63) is 54.1 Å². The van der Waals surface area contributed by atoms with E-state index < -0.39 is 0 Å². The molecule has 1 amide bonds. The number of nitrogens with one attached hydrogen (secondary N) is 1. The normalized spacial score (nSPS) is 11.8. The molecule has 2 aromatic carbocycles. The van der Waals surface area contributed by atoms with Gasteiger partial charge < -0.3 is 10.1 Å². The average molecular weight is 301 g/mol. The molecule has 0 spiro atoms. The van der Waals surface area contributed by atoms with Gasteiger partial charge in [0.2, 0.25) is 5.91 Å². The highest BCUT2D eigenvalue weighted by Crippen LogP contribution is 2.26. The zero-order chi connectivity index (χ0) is 15.2. The third-order valence-electron chi connectivity index (χ3n) is 3.06. The number of carbonyl (C=O) groups is 1. The van der Waals surface area contributed by atoms with Crippen LogP contribution in [0.25, 0.3) is 0 Å². The number of benzene rings is 2. The Kier molecular flexibility index (Phi) is 5.28. The van der Waals surface area contributed by atoms with E-state index >= 15 is 0 Å². The molecule has 1 N–H and O–H groups in total. The number of methoxy groups -OCH3 is 1. The lowest BCUT2D eigenvalue weighted by molar-refractivity contribution is -0.115. The maximum absolute atomic E-state index is 12.2. The third kappa shape index (κ3) is 4.53. The molecule has 0 aromatic heterocycles. The molecule has 0 saturated carbocycles. The molecule has 0 saturated heterocycles. The minimum atomic E-state index is -0.167. The van der Waals surface area contributed by atoms with Crippen LogP contribution in [0.4, 0.5) is 5.69 Å². The van der Waals surface area contributed by atoms with Gasteiger partial charge in [0.15, 0.2) is 0 Å². The molecule has 0 aliphatic carbocycles. The van der Waals surface area contributed by atoms with Crippen LogP contribution < -0.4 is 10.1 Å². The van der Waals surface area contributed by atoms with Gasteiger partial charge in [-0.3, -0.25) is 4.79 Å². The Hall–Kier alpha value is -1.94. The van der Waals surface area contributed by atoms with Crippen LogP contribution in [0.5, 0.6) is 5.75 Å². The van der Waals surface area contributed by atoms with Gasteiger partial charge >= 0.3 is 0 Å². The fourth-order valence-electron chi connectivity index (χ4n) is 1.79. The molecule has 0 heterocycles. The van der Waals surface area contributed by atoms with Crippen LogP contribution in [0, 0.1) is 6.92 Å². The van der Waals surface area contributed by atoms with E-state index in [9.17, 15) is 4.79 Å². The Morgan fingerprint density at radius 2 is 1.71 bits per heavy atom. The number of aryl methyl sites for hydroxylation is 1. The molecule has 110 valence electrons. The van der Waals surface area contributed by atoms with Gasteiger partial charge in [-0.05, 0) is 50.2 Å². The summed E-state index contributed by atoms with van der Waals surface area (Å²) in [6.45, 7) is 3.92. The van der Waals surface area contributed by atoms with Gasteiger partial charge in [0.05, 0.1) is 12.4 Å². The highest BCUT2D eigenvalue weighted by molar-refractivity contribution is 8.00. The van der Waals surface area contributed by atoms with Gasteiger partial charge in [-0.1, -0.05) is 17.7 Å². The van der Waals surface area contributed by atoms with Crippen molar-refractivity contribution in [3.8, 4) is 5.75 Å². The molecule has 2 aromatic rings. The van der Waals surface area contributed by atoms with Crippen LogP contribution in [-0.2, 0) is 4.79 Å². The monoisotopic (exact) mass is 301 g/mol. The van der Waals surface area contributed by atoms with Crippen molar-refractivity contribution in [3.63, 3.8) is 0 Å². The maximum Gasteiger partial charge on any atom is 0.237 e. The fourth-order valence-corrected chi connectivity index (χ4v) is 2.66. The van der Waals surface area contributed by atoms with Gasteiger partial charge in [-0.25, -0.2) is 0 Å². The van der Waals surface area contributed by atoms with Crippen LogP contribution in [0.15, 0.2) is 53.4 Å². The lowest BCUT2D eigenvalue weighted by Gasteiger charge is -2.12. The second kappa shape index (κ2) is 7.18. The lowest BCUT2D eigenvalue weighted by atomic mass is 10.2. The molecule has 0 aliphatic rings. The second-order valence-electron chi connectivity index (χ2n) is 4.79. The van der Waals surface area contributed by atoms with E-state index in [1.807, 2.05) is 62.4 Å². The predicted molar refractivity (Wildman–Crippen MR) is 88.1 cm³/mol. The van der Waals surface area contributed by atoms with Gasteiger partial charge in [-0.2, -0.15) is 0 Å². The standard InChI is InChI=1S/C17H19NO2S/c1-12-4-6-14(7-5-12)18-17(19)13(2)21-16-10-8-15(20-3)9-11-16/h4-11,13H,1-3H3,(H,18,19). The molecule has 4 heteroatoms. The third-order valence-corrected chi connectivity index (χ3v) is 4.17. The molecule has 21 heavy (non-hydrogen) atoms. The lowest BCUT2D eigenvalue weighted by Crippen LogP contribution is -2.22. The summed E-state index contributed by atoms with van der Waals surface area (Å²) >= 11 is 1.53. The largest absolute Gasteiger partial charge is 0.497 e. The highest BCUT2D eigenvalue weighted by atomic mass is 32.2. The Bertz CT molecular complexity index is 593. The zero-order valence-corrected chi connectivity index (χ0v) is 13.2. The molecule has 3 nitrogen and oxygen atoms in total. The van der Waals surface area contributed by atoms with Crippen molar-refractivity contribution in [2.24, 2.45) is 0 Å². The molecule has 0 bridgehead atoms. The molecule has 0 aliphatic heterocycles. The highest BCUT2D eigenvalue weighted by Gasteiger charge is 2.14. The predicted octanol–water partition coefficient (Wildman–Crippen LogP) is 4.12. The number of rotatable bonds is 5. The Balaban J connectivity index is 1.93. The number of anilines is 1. The number of carbonyl (C=O) groups excluding carboxylic acids is 1. The van der Waals surface area contributed by atoms with Crippen molar-refractivity contribution >= 4 is 23.4 Å². The first-order chi connectivity index (χ1) is 10.1. The first-order valence-electron chi connectivity index (χ1n) is 6.77. The van der Waals surface area contributed by atoms with Crippen molar-refractivity contribution in [2.75, 3.05) is 12.4 Å². The summed E-state index contributed by atoms with van der Waals surface area (Å²) in [7, 11) is 1.64. The molecule has 0 radical (unpaired) electrons. The summed E-state index contributed by atoms with van der Waals surface area (Å²) in [5, 5.41) is 2.76. The number of amides is 1. The van der Waals surface area contributed by atoms with Crippen molar-refractivity contribution in [1.29, 1.82) is 0 Å². The molecule has 1 unspecified atom stereocenters. The topological polar surface area (TPSA) is 38.3 Å². The summed E-state index contributed by atoms with van der Waals surface area (Å²) in [5.74, 6) is 0.816. The average Bonchev–Trinajstić information content (AvgIpc) is 2.50. The first-order valence-corrected chi connectivity index (χ1v) is 7.64. The number of hydrogen-bond donors (Lipinski definition) is 1. The zero-order valence-electron chi connectivity index (χ0n) is 12.4. The van der Waals surface area contributed by atoms with Crippen molar-refractivity contribution in [1.82, 2.24) is 0 Å². The van der Waals surface area contributed by atoms with E-state index in [0.29, 0.717) is 0 Å².